The average Bonchev–Trinajstić information content (AvgIpc) is 3.12. The first-order valence-corrected chi connectivity index (χ1v) is 9.79. The molecule has 0 aliphatic carbocycles. The van der Waals surface area contributed by atoms with Crippen LogP contribution in [0.25, 0.3) is 10.1 Å². The maximum atomic E-state index is 12.6. The first-order chi connectivity index (χ1) is 10.7. The fraction of sp³-hybridized carbons (Fsp3) is 0.500. The lowest BCUT2D eigenvalue weighted by Crippen LogP contribution is -2.47. The number of nitrogens with one attached hydrogen (secondary N) is 1. The quantitative estimate of drug-likeness (QED) is 0.878. The smallest absolute Gasteiger partial charge is 0.270 e. The molecule has 2 aliphatic heterocycles. The maximum absolute atomic E-state index is 12.6. The van der Waals surface area contributed by atoms with Crippen molar-refractivity contribution in [3.63, 3.8) is 0 Å². The molecule has 0 aromatic carbocycles. The van der Waals surface area contributed by atoms with Crippen LogP contribution in [-0.4, -0.2) is 47.7 Å². The Balaban J connectivity index is 1.55. The largest absolute Gasteiger partial charge is 0.347 e. The lowest BCUT2D eigenvalue weighted by molar-refractivity contribution is 0.0904. The third-order valence-corrected chi connectivity index (χ3v) is 6.38. The zero-order chi connectivity index (χ0) is 15.1. The number of rotatable bonds is 3. The van der Waals surface area contributed by atoms with Crippen LogP contribution in [0.5, 0.6) is 0 Å². The van der Waals surface area contributed by atoms with E-state index in [1.165, 1.54) is 24.2 Å². The summed E-state index contributed by atoms with van der Waals surface area (Å²) in [5, 5.41) is 7.31. The lowest BCUT2D eigenvalue weighted by atomic mass is 9.97. The molecule has 4 rings (SSSR count). The summed E-state index contributed by atoms with van der Waals surface area (Å²) < 4.78 is 1.17. The third kappa shape index (κ3) is 2.64. The van der Waals surface area contributed by atoms with E-state index in [0.717, 1.165) is 29.3 Å². The molecule has 0 saturated carbocycles. The Labute approximate surface area is 138 Å². The van der Waals surface area contributed by atoms with Gasteiger partial charge in [-0.15, -0.1) is 23.1 Å². The van der Waals surface area contributed by atoms with Crippen LogP contribution in [-0.2, 0) is 0 Å². The number of thiophene rings is 1. The second-order valence-corrected chi connectivity index (χ2v) is 7.89. The molecule has 4 heterocycles. The van der Waals surface area contributed by atoms with E-state index in [-0.39, 0.29) is 11.9 Å². The van der Waals surface area contributed by atoms with E-state index in [0.29, 0.717) is 5.69 Å². The molecule has 2 aromatic rings. The molecule has 1 amide bonds. The zero-order valence-corrected chi connectivity index (χ0v) is 14.2. The van der Waals surface area contributed by atoms with Gasteiger partial charge in [-0.1, -0.05) is 0 Å². The summed E-state index contributed by atoms with van der Waals surface area (Å²) >= 11 is 3.28. The number of carbonyl (C=O) groups excluding carboxylic acids is 1. The number of pyridine rings is 1. The maximum Gasteiger partial charge on any atom is 0.270 e. The van der Waals surface area contributed by atoms with Crippen LogP contribution in [0.3, 0.4) is 0 Å². The van der Waals surface area contributed by atoms with Crippen LogP contribution < -0.4 is 5.32 Å². The lowest BCUT2D eigenvalue weighted by Gasteiger charge is -2.30. The second kappa shape index (κ2) is 5.83. The molecule has 0 radical (unpaired) electrons. The Kier molecular flexibility index (Phi) is 3.84. The minimum Gasteiger partial charge on any atom is -0.347 e. The monoisotopic (exact) mass is 333 g/mol. The first kappa shape index (κ1) is 14.5. The summed E-state index contributed by atoms with van der Waals surface area (Å²) in [6.07, 6.45) is 4.40. The van der Waals surface area contributed by atoms with Crippen LogP contribution >= 0.6 is 23.1 Å². The highest BCUT2D eigenvalue weighted by Gasteiger charge is 2.33. The van der Waals surface area contributed by atoms with Gasteiger partial charge in [0.25, 0.3) is 5.91 Å². The van der Waals surface area contributed by atoms with E-state index in [1.807, 2.05) is 12.3 Å². The Morgan fingerprint density at radius 2 is 2.41 bits per heavy atom. The first-order valence-electron chi connectivity index (χ1n) is 7.68. The van der Waals surface area contributed by atoms with Crippen molar-refractivity contribution in [2.45, 2.75) is 23.9 Å². The van der Waals surface area contributed by atoms with Crippen molar-refractivity contribution in [3.05, 3.63) is 23.2 Å². The molecule has 116 valence electrons. The number of nitrogens with zero attached hydrogens (tertiary/aromatic N) is 2. The highest BCUT2D eigenvalue weighted by Crippen LogP contribution is 2.30. The van der Waals surface area contributed by atoms with Gasteiger partial charge < -0.3 is 10.2 Å². The second-order valence-electron chi connectivity index (χ2n) is 6.18. The highest BCUT2D eigenvalue weighted by molar-refractivity contribution is 7.98. The molecule has 6 heteroatoms. The molecule has 3 atom stereocenters. The SMILES string of the molecule is CSc1nc(C(=O)N[C@@H]2C[C@@H]3CCN(C3)C2)cc2ccsc12. The zero-order valence-electron chi connectivity index (χ0n) is 12.5. The number of hydrogen-bond donors (Lipinski definition) is 1. The van der Waals surface area contributed by atoms with E-state index < -0.39 is 0 Å². The minimum atomic E-state index is -0.0316. The van der Waals surface area contributed by atoms with Crippen molar-refractivity contribution in [1.29, 1.82) is 0 Å². The summed E-state index contributed by atoms with van der Waals surface area (Å²) in [6.45, 7) is 3.38. The summed E-state index contributed by atoms with van der Waals surface area (Å²) in [6, 6.07) is 4.25. The van der Waals surface area contributed by atoms with E-state index in [2.05, 4.69) is 26.6 Å². The van der Waals surface area contributed by atoms with Crippen LogP contribution in [0.4, 0.5) is 0 Å². The number of thioether (sulfide) groups is 1. The number of fused-ring (bicyclic) bond motifs is 3. The molecule has 0 spiro atoms. The number of piperidine rings is 1. The Morgan fingerprint density at radius 1 is 1.50 bits per heavy atom. The van der Waals surface area contributed by atoms with E-state index in [4.69, 9.17) is 0 Å². The van der Waals surface area contributed by atoms with Gasteiger partial charge in [-0.25, -0.2) is 4.98 Å². The highest BCUT2D eigenvalue weighted by atomic mass is 32.2. The number of hydrogen-bond acceptors (Lipinski definition) is 5. The average molecular weight is 333 g/mol. The summed E-state index contributed by atoms with van der Waals surface area (Å²) in [5.74, 6) is 0.726. The van der Waals surface area contributed by atoms with E-state index in [9.17, 15) is 4.79 Å². The van der Waals surface area contributed by atoms with Gasteiger partial charge in [0, 0.05) is 19.1 Å². The summed E-state index contributed by atoms with van der Waals surface area (Å²) in [7, 11) is 0. The molecule has 1 N–H and O–H groups in total. The molecular weight excluding hydrogens is 314 g/mol. The van der Waals surface area contributed by atoms with Gasteiger partial charge in [0.05, 0.1) is 4.70 Å². The molecule has 2 aliphatic rings. The number of aromatic nitrogens is 1. The Bertz CT molecular complexity index is 702. The normalized spacial score (nSPS) is 27.2. The molecular formula is C16H19N3OS2. The summed E-state index contributed by atoms with van der Waals surface area (Å²) in [5.41, 5.74) is 0.545. The fourth-order valence-corrected chi connectivity index (χ4v) is 5.27. The fourth-order valence-electron chi connectivity index (χ4n) is 3.62. The van der Waals surface area contributed by atoms with Gasteiger partial charge in [0.15, 0.2) is 0 Å². The van der Waals surface area contributed by atoms with Crippen molar-refractivity contribution >= 4 is 39.1 Å². The summed E-state index contributed by atoms with van der Waals surface area (Å²) in [4.78, 5) is 19.6. The van der Waals surface area contributed by atoms with Crippen LogP contribution in [0, 0.1) is 5.92 Å². The Hall–Kier alpha value is -1.11. The molecule has 4 nitrogen and oxygen atoms in total. The van der Waals surface area contributed by atoms with Crippen LogP contribution in [0.2, 0.25) is 0 Å². The molecule has 2 bridgehead atoms. The van der Waals surface area contributed by atoms with Gasteiger partial charge in [0.1, 0.15) is 10.7 Å². The van der Waals surface area contributed by atoms with Crippen molar-refractivity contribution in [2.75, 3.05) is 25.9 Å². The van der Waals surface area contributed by atoms with E-state index in [1.54, 1.807) is 23.1 Å². The Morgan fingerprint density at radius 3 is 3.23 bits per heavy atom. The standard InChI is InChI=1S/C16H19N3OS2/c1-21-16-14-11(3-5-22-14)7-13(18-16)15(20)17-12-6-10-2-4-19(8-10)9-12/h3,5,7,10,12H,2,4,6,8-9H2,1H3,(H,17,20)/t10-,12+/m0/s1. The topological polar surface area (TPSA) is 45.2 Å². The van der Waals surface area contributed by atoms with Gasteiger partial charge >= 0.3 is 0 Å². The van der Waals surface area contributed by atoms with Gasteiger partial charge in [-0.2, -0.15) is 0 Å². The van der Waals surface area contributed by atoms with Gasteiger partial charge in [-0.3, -0.25) is 4.79 Å². The molecule has 1 unspecified atom stereocenters. The predicted molar refractivity (Wildman–Crippen MR) is 91.8 cm³/mol. The van der Waals surface area contributed by atoms with Crippen molar-refractivity contribution < 1.29 is 4.79 Å². The third-order valence-electron chi connectivity index (χ3n) is 4.63. The van der Waals surface area contributed by atoms with Crippen LogP contribution in [0.1, 0.15) is 23.3 Å². The number of carbonyl (C=O) groups is 1. The minimum absolute atomic E-state index is 0.0316. The van der Waals surface area contributed by atoms with Gasteiger partial charge in [0.2, 0.25) is 0 Å². The van der Waals surface area contributed by atoms with Gasteiger partial charge in [-0.05, 0) is 54.5 Å². The van der Waals surface area contributed by atoms with Crippen molar-refractivity contribution in [2.24, 2.45) is 5.92 Å². The molecule has 2 aromatic heterocycles. The van der Waals surface area contributed by atoms with Crippen molar-refractivity contribution in [3.8, 4) is 0 Å². The predicted octanol–water partition coefficient (Wildman–Crippen LogP) is 2.84. The molecule has 2 fully saturated rings. The molecule has 22 heavy (non-hydrogen) atoms. The van der Waals surface area contributed by atoms with Crippen LogP contribution in [0.15, 0.2) is 22.5 Å². The van der Waals surface area contributed by atoms with E-state index >= 15 is 0 Å². The number of amides is 1. The van der Waals surface area contributed by atoms with Crippen molar-refractivity contribution in [1.82, 2.24) is 15.2 Å². The molecule has 2 saturated heterocycles.